The van der Waals surface area contributed by atoms with Crippen molar-refractivity contribution in [3.05, 3.63) is 29.8 Å². The van der Waals surface area contributed by atoms with E-state index >= 15 is 0 Å². The maximum Gasteiger partial charge on any atom is 0.323 e. The number of benzene rings is 1. The van der Waals surface area contributed by atoms with Crippen LogP contribution in [0.4, 0.5) is 0 Å². The van der Waals surface area contributed by atoms with E-state index in [1.165, 1.54) is 0 Å². The van der Waals surface area contributed by atoms with E-state index in [4.69, 9.17) is 4.74 Å². The van der Waals surface area contributed by atoms with Gasteiger partial charge in [-0.3, -0.25) is 4.79 Å². The number of ether oxygens (including phenoxy) is 1. The zero-order valence-corrected chi connectivity index (χ0v) is 11.2. The van der Waals surface area contributed by atoms with Crippen LogP contribution in [0.2, 0.25) is 0 Å². The van der Waals surface area contributed by atoms with E-state index in [-0.39, 0.29) is 0 Å². The Balaban J connectivity index is 2.51. The third kappa shape index (κ3) is 4.04. The number of hydrogen-bond acceptors (Lipinski definition) is 3. The standard InChI is InChI=1S/C14H21NO3/c1-4-15-14(3,13(16)17)8-9-18-12-7-5-6-11(2)10-12/h5-7,10,15H,4,8-9H2,1-3H3,(H,16,17). The molecule has 1 unspecified atom stereocenters. The van der Waals surface area contributed by atoms with Crippen molar-refractivity contribution in [2.75, 3.05) is 13.2 Å². The van der Waals surface area contributed by atoms with Crippen molar-refractivity contribution < 1.29 is 14.6 Å². The summed E-state index contributed by atoms with van der Waals surface area (Å²) in [6.07, 6.45) is 0.421. The molecule has 0 spiro atoms. The molecule has 100 valence electrons. The van der Waals surface area contributed by atoms with Gasteiger partial charge in [0.25, 0.3) is 0 Å². The van der Waals surface area contributed by atoms with Gasteiger partial charge in [0, 0.05) is 6.42 Å². The fourth-order valence-corrected chi connectivity index (χ4v) is 1.74. The van der Waals surface area contributed by atoms with E-state index < -0.39 is 11.5 Å². The fraction of sp³-hybridized carbons (Fsp3) is 0.500. The molecule has 18 heavy (non-hydrogen) atoms. The molecule has 0 fully saturated rings. The Labute approximate surface area is 108 Å². The molecule has 2 N–H and O–H groups in total. The summed E-state index contributed by atoms with van der Waals surface area (Å²) in [6.45, 7) is 6.56. The zero-order chi connectivity index (χ0) is 13.6. The minimum absolute atomic E-state index is 0.374. The number of likely N-dealkylation sites (N-methyl/N-ethyl adjacent to an activating group) is 1. The van der Waals surface area contributed by atoms with Gasteiger partial charge in [-0.15, -0.1) is 0 Å². The van der Waals surface area contributed by atoms with Gasteiger partial charge in [0.2, 0.25) is 0 Å². The van der Waals surface area contributed by atoms with Gasteiger partial charge in [-0.1, -0.05) is 19.1 Å². The van der Waals surface area contributed by atoms with Gasteiger partial charge in [0.1, 0.15) is 11.3 Å². The fourth-order valence-electron chi connectivity index (χ4n) is 1.74. The van der Waals surface area contributed by atoms with Gasteiger partial charge in [0.05, 0.1) is 6.61 Å². The number of carboxylic acid groups (broad SMARTS) is 1. The van der Waals surface area contributed by atoms with Crippen molar-refractivity contribution >= 4 is 5.97 Å². The van der Waals surface area contributed by atoms with E-state index in [2.05, 4.69) is 5.32 Å². The van der Waals surface area contributed by atoms with Crippen LogP contribution in [-0.2, 0) is 4.79 Å². The lowest BCUT2D eigenvalue weighted by atomic mass is 9.98. The number of aliphatic carboxylic acids is 1. The zero-order valence-electron chi connectivity index (χ0n) is 11.2. The number of carboxylic acids is 1. The lowest BCUT2D eigenvalue weighted by Gasteiger charge is -2.25. The Morgan fingerprint density at radius 3 is 2.78 bits per heavy atom. The molecule has 4 nitrogen and oxygen atoms in total. The lowest BCUT2D eigenvalue weighted by molar-refractivity contribution is -0.144. The molecule has 1 atom stereocenters. The van der Waals surface area contributed by atoms with E-state index in [1.807, 2.05) is 38.1 Å². The number of aryl methyl sites for hydroxylation is 1. The summed E-state index contributed by atoms with van der Waals surface area (Å²) in [6, 6.07) is 7.72. The molecule has 0 saturated carbocycles. The molecule has 1 aromatic rings. The van der Waals surface area contributed by atoms with Crippen LogP contribution in [0.15, 0.2) is 24.3 Å². The Morgan fingerprint density at radius 2 is 2.22 bits per heavy atom. The van der Waals surface area contributed by atoms with Gasteiger partial charge in [-0.05, 0) is 38.1 Å². The summed E-state index contributed by atoms with van der Waals surface area (Å²) < 4.78 is 5.58. The Hall–Kier alpha value is -1.55. The van der Waals surface area contributed by atoms with Gasteiger partial charge >= 0.3 is 5.97 Å². The summed E-state index contributed by atoms with van der Waals surface area (Å²) >= 11 is 0. The van der Waals surface area contributed by atoms with Gasteiger partial charge in [-0.2, -0.15) is 0 Å². The molecular formula is C14H21NO3. The van der Waals surface area contributed by atoms with Crippen molar-refractivity contribution in [2.24, 2.45) is 0 Å². The number of hydrogen-bond donors (Lipinski definition) is 2. The molecule has 0 aliphatic rings. The van der Waals surface area contributed by atoms with Crippen LogP contribution in [0.1, 0.15) is 25.8 Å². The largest absolute Gasteiger partial charge is 0.493 e. The van der Waals surface area contributed by atoms with Crippen LogP contribution in [-0.4, -0.2) is 29.8 Å². The van der Waals surface area contributed by atoms with E-state index in [1.54, 1.807) is 6.92 Å². The molecule has 0 amide bonds. The highest BCUT2D eigenvalue weighted by Crippen LogP contribution is 2.15. The first-order valence-electron chi connectivity index (χ1n) is 6.16. The van der Waals surface area contributed by atoms with E-state index in [0.29, 0.717) is 19.6 Å². The molecule has 0 aliphatic heterocycles. The SMILES string of the molecule is CCNC(C)(CCOc1cccc(C)c1)C(=O)O. The topological polar surface area (TPSA) is 58.6 Å². The minimum Gasteiger partial charge on any atom is -0.493 e. The Morgan fingerprint density at radius 1 is 1.50 bits per heavy atom. The maximum absolute atomic E-state index is 11.2. The number of carbonyl (C=O) groups is 1. The second-order valence-electron chi connectivity index (χ2n) is 4.58. The molecule has 0 radical (unpaired) electrons. The molecule has 0 bridgehead atoms. The second kappa shape index (κ2) is 6.40. The molecule has 0 heterocycles. The molecular weight excluding hydrogens is 230 g/mol. The molecule has 0 saturated heterocycles. The van der Waals surface area contributed by atoms with Crippen molar-refractivity contribution in [2.45, 2.75) is 32.7 Å². The summed E-state index contributed by atoms with van der Waals surface area (Å²) in [7, 11) is 0. The van der Waals surface area contributed by atoms with Crippen LogP contribution < -0.4 is 10.1 Å². The maximum atomic E-state index is 11.2. The average Bonchev–Trinajstić information content (AvgIpc) is 2.29. The van der Waals surface area contributed by atoms with Gasteiger partial charge in [0.15, 0.2) is 0 Å². The quantitative estimate of drug-likeness (QED) is 0.780. The molecule has 1 rings (SSSR count). The summed E-state index contributed by atoms with van der Waals surface area (Å²) in [5.74, 6) is -0.0728. The lowest BCUT2D eigenvalue weighted by Crippen LogP contribution is -2.50. The highest BCUT2D eigenvalue weighted by atomic mass is 16.5. The van der Waals surface area contributed by atoms with Crippen molar-refractivity contribution in [1.82, 2.24) is 5.32 Å². The third-order valence-corrected chi connectivity index (χ3v) is 2.90. The van der Waals surface area contributed by atoms with E-state index in [0.717, 1.165) is 11.3 Å². The Bertz CT molecular complexity index is 406. The van der Waals surface area contributed by atoms with Crippen LogP contribution >= 0.6 is 0 Å². The number of rotatable bonds is 7. The molecule has 0 aromatic heterocycles. The number of nitrogens with one attached hydrogen (secondary N) is 1. The first-order valence-corrected chi connectivity index (χ1v) is 6.16. The van der Waals surface area contributed by atoms with Crippen molar-refractivity contribution in [1.29, 1.82) is 0 Å². The van der Waals surface area contributed by atoms with Gasteiger partial charge < -0.3 is 15.2 Å². The smallest absolute Gasteiger partial charge is 0.323 e. The average molecular weight is 251 g/mol. The van der Waals surface area contributed by atoms with Gasteiger partial charge in [-0.25, -0.2) is 0 Å². The van der Waals surface area contributed by atoms with Crippen LogP contribution in [0.25, 0.3) is 0 Å². The summed E-state index contributed by atoms with van der Waals surface area (Å²) in [5.41, 5.74) is 0.193. The highest BCUT2D eigenvalue weighted by Gasteiger charge is 2.31. The Kier molecular flexibility index (Phi) is 5.16. The van der Waals surface area contributed by atoms with Crippen molar-refractivity contribution in [3.63, 3.8) is 0 Å². The molecule has 4 heteroatoms. The van der Waals surface area contributed by atoms with Crippen LogP contribution in [0.5, 0.6) is 5.75 Å². The van der Waals surface area contributed by atoms with Crippen molar-refractivity contribution in [3.8, 4) is 5.75 Å². The minimum atomic E-state index is -0.932. The first-order chi connectivity index (χ1) is 8.48. The molecule has 1 aromatic carbocycles. The third-order valence-electron chi connectivity index (χ3n) is 2.90. The first kappa shape index (κ1) is 14.5. The monoisotopic (exact) mass is 251 g/mol. The predicted octanol–water partition coefficient (Wildman–Crippen LogP) is 2.22. The van der Waals surface area contributed by atoms with Crippen LogP contribution in [0.3, 0.4) is 0 Å². The highest BCUT2D eigenvalue weighted by molar-refractivity contribution is 5.78. The second-order valence-corrected chi connectivity index (χ2v) is 4.58. The molecule has 0 aliphatic carbocycles. The van der Waals surface area contributed by atoms with Crippen LogP contribution in [0, 0.1) is 6.92 Å². The van der Waals surface area contributed by atoms with E-state index in [9.17, 15) is 9.90 Å². The normalized spacial score (nSPS) is 13.9. The summed E-state index contributed by atoms with van der Waals surface area (Å²) in [4.78, 5) is 11.2. The predicted molar refractivity (Wildman–Crippen MR) is 71.0 cm³/mol. The summed E-state index contributed by atoms with van der Waals surface area (Å²) in [5, 5.41) is 12.2.